The minimum absolute atomic E-state index is 0.0257. The lowest BCUT2D eigenvalue weighted by Gasteiger charge is -2.28. The number of carbonyl (C=O) groups is 3. The van der Waals surface area contributed by atoms with Crippen molar-refractivity contribution in [2.24, 2.45) is 0 Å². The summed E-state index contributed by atoms with van der Waals surface area (Å²) in [6, 6.07) is 6.96. The molecule has 1 N–H and O–H groups in total. The third kappa shape index (κ3) is 6.61. The molecule has 2 aromatic carbocycles. The Morgan fingerprint density at radius 2 is 1.82 bits per heavy atom. The smallest absolute Gasteiger partial charge is 0.342 e. The number of methoxy groups -OCH3 is 1. The van der Waals surface area contributed by atoms with Crippen LogP contribution in [0.3, 0.4) is 0 Å². The number of rotatable bonds is 4. The zero-order chi connectivity index (χ0) is 28.1. The SMILES string of the molecule is COc1ccc(C2CC(=O)Oc3cc4c(c(O)c32)C(=O)OC(C)CCCC(=O)CCCC=C4)cc1OC(C)C. The van der Waals surface area contributed by atoms with Gasteiger partial charge < -0.3 is 24.1 Å². The van der Waals surface area contributed by atoms with Crippen LogP contribution in [0.4, 0.5) is 0 Å². The van der Waals surface area contributed by atoms with E-state index in [1.807, 2.05) is 26.0 Å². The van der Waals surface area contributed by atoms with Crippen molar-refractivity contribution in [3.05, 3.63) is 52.6 Å². The van der Waals surface area contributed by atoms with Gasteiger partial charge in [-0.3, -0.25) is 9.59 Å². The Morgan fingerprint density at radius 3 is 2.56 bits per heavy atom. The van der Waals surface area contributed by atoms with Crippen LogP contribution in [0.1, 0.15) is 98.7 Å². The molecule has 0 saturated heterocycles. The lowest BCUT2D eigenvalue weighted by molar-refractivity contribution is -0.135. The van der Waals surface area contributed by atoms with Crippen molar-refractivity contribution in [2.75, 3.05) is 7.11 Å². The molecule has 2 unspecified atom stereocenters. The maximum Gasteiger partial charge on any atom is 0.342 e. The lowest BCUT2D eigenvalue weighted by atomic mass is 9.83. The van der Waals surface area contributed by atoms with Crippen LogP contribution in [0, 0.1) is 0 Å². The number of carbonyl (C=O) groups excluding carboxylic acids is 3. The quantitative estimate of drug-likeness (QED) is 0.368. The summed E-state index contributed by atoms with van der Waals surface area (Å²) in [7, 11) is 1.55. The van der Waals surface area contributed by atoms with Gasteiger partial charge >= 0.3 is 11.9 Å². The molecule has 8 nitrogen and oxygen atoms in total. The maximum absolute atomic E-state index is 13.4. The van der Waals surface area contributed by atoms with E-state index in [1.54, 1.807) is 38.3 Å². The first-order valence-electron chi connectivity index (χ1n) is 13.5. The minimum Gasteiger partial charge on any atom is -0.507 e. The number of Topliss-reactive ketones (excluding diaryl/α,β-unsaturated/α-hetero) is 1. The van der Waals surface area contributed by atoms with Crippen LogP contribution in [0.25, 0.3) is 6.08 Å². The van der Waals surface area contributed by atoms with Gasteiger partial charge in [-0.15, -0.1) is 0 Å². The number of fused-ring (bicyclic) bond motifs is 2. The van der Waals surface area contributed by atoms with Crippen molar-refractivity contribution in [1.29, 1.82) is 0 Å². The number of phenols is 1. The van der Waals surface area contributed by atoms with Gasteiger partial charge in [-0.1, -0.05) is 18.2 Å². The highest BCUT2D eigenvalue weighted by Gasteiger charge is 2.36. The zero-order valence-electron chi connectivity index (χ0n) is 23.0. The van der Waals surface area contributed by atoms with Crippen LogP contribution >= 0.6 is 0 Å². The summed E-state index contributed by atoms with van der Waals surface area (Å²) >= 11 is 0. The number of ketones is 1. The highest BCUT2D eigenvalue weighted by atomic mass is 16.5. The summed E-state index contributed by atoms with van der Waals surface area (Å²) in [6.45, 7) is 5.58. The number of phenolic OH excluding ortho intramolecular Hbond substituents is 1. The van der Waals surface area contributed by atoms with Gasteiger partial charge in [-0.2, -0.15) is 0 Å². The average molecular weight is 537 g/mol. The molecule has 0 radical (unpaired) electrons. The van der Waals surface area contributed by atoms with E-state index in [0.717, 1.165) is 0 Å². The van der Waals surface area contributed by atoms with Gasteiger partial charge in [-0.05, 0) is 75.8 Å². The number of ether oxygens (including phenoxy) is 4. The Kier molecular flexibility index (Phi) is 8.94. The van der Waals surface area contributed by atoms with Crippen LogP contribution in [-0.2, 0) is 14.3 Å². The van der Waals surface area contributed by atoms with E-state index in [4.69, 9.17) is 18.9 Å². The fraction of sp³-hybridized carbons (Fsp3) is 0.452. The Bertz CT molecular complexity index is 1280. The third-order valence-electron chi connectivity index (χ3n) is 6.93. The largest absolute Gasteiger partial charge is 0.507 e. The van der Waals surface area contributed by atoms with Gasteiger partial charge in [0.1, 0.15) is 22.8 Å². The summed E-state index contributed by atoms with van der Waals surface area (Å²) in [4.78, 5) is 38.2. The first kappa shape index (κ1) is 28.2. The second-order valence-electron chi connectivity index (χ2n) is 10.4. The molecule has 2 atom stereocenters. The molecule has 208 valence electrons. The molecule has 0 aliphatic carbocycles. The van der Waals surface area contributed by atoms with Gasteiger partial charge in [0.05, 0.1) is 25.7 Å². The monoisotopic (exact) mass is 536 g/mol. The summed E-state index contributed by atoms with van der Waals surface area (Å²) in [6.07, 6.45) is 6.41. The number of esters is 2. The molecule has 4 rings (SSSR count). The van der Waals surface area contributed by atoms with Crippen molar-refractivity contribution in [3.8, 4) is 23.0 Å². The average Bonchev–Trinajstić information content (AvgIpc) is 2.87. The molecule has 8 heteroatoms. The molecule has 0 bridgehead atoms. The van der Waals surface area contributed by atoms with E-state index >= 15 is 0 Å². The van der Waals surface area contributed by atoms with Crippen LogP contribution in [-0.4, -0.2) is 42.1 Å². The lowest BCUT2D eigenvalue weighted by Crippen LogP contribution is -2.23. The Hall–Kier alpha value is -3.81. The predicted octanol–water partition coefficient (Wildman–Crippen LogP) is 6.11. The molecule has 2 heterocycles. The Labute approximate surface area is 228 Å². The standard InChI is InChI=1S/C31H36O8/c1-18(2)37-25-15-20(13-14-24(25)36-4)23-17-27(33)39-26-16-21-10-6-5-7-11-22(32)12-8-9-19(3)38-31(35)28(21)30(34)29(23)26/h6,10,13-16,18-19,23,34H,5,7-9,11-12,17H2,1-4H3. The Balaban J connectivity index is 1.82. The van der Waals surface area contributed by atoms with Gasteiger partial charge in [0.25, 0.3) is 0 Å². The highest BCUT2D eigenvalue weighted by molar-refractivity contribution is 5.98. The number of allylic oxidation sites excluding steroid dienone is 1. The highest BCUT2D eigenvalue weighted by Crippen LogP contribution is 2.48. The van der Waals surface area contributed by atoms with Gasteiger partial charge in [-0.25, -0.2) is 4.79 Å². The topological polar surface area (TPSA) is 108 Å². The second-order valence-corrected chi connectivity index (χ2v) is 10.4. The van der Waals surface area contributed by atoms with E-state index in [-0.39, 0.29) is 35.4 Å². The summed E-state index contributed by atoms with van der Waals surface area (Å²) in [5.41, 5.74) is 1.47. The molecule has 0 amide bonds. The van der Waals surface area contributed by atoms with Crippen molar-refractivity contribution < 1.29 is 38.4 Å². The number of cyclic esters (lactones) is 1. The third-order valence-corrected chi connectivity index (χ3v) is 6.93. The fourth-order valence-corrected chi connectivity index (χ4v) is 5.06. The molecule has 39 heavy (non-hydrogen) atoms. The fourth-order valence-electron chi connectivity index (χ4n) is 5.06. The summed E-state index contributed by atoms with van der Waals surface area (Å²) in [5.74, 6) is -0.525. The van der Waals surface area contributed by atoms with Crippen LogP contribution in [0.15, 0.2) is 30.3 Å². The first-order valence-corrected chi connectivity index (χ1v) is 13.5. The molecular formula is C31H36O8. The molecule has 0 saturated carbocycles. The van der Waals surface area contributed by atoms with Gasteiger partial charge in [0, 0.05) is 24.3 Å². The molecule has 2 aromatic rings. The molecule has 0 aromatic heterocycles. The maximum atomic E-state index is 13.4. The van der Waals surface area contributed by atoms with Crippen molar-refractivity contribution >= 4 is 23.8 Å². The molecule has 0 fully saturated rings. The van der Waals surface area contributed by atoms with Gasteiger partial charge in [0.2, 0.25) is 0 Å². The van der Waals surface area contributed by atoms with Crippen molar-refractivity contribution in [1.82, 2.24) is 0 Å². The van der Waals surface area contributed by atoms with Crippen LogP contribution in [0.5, 0.6) is 23.0 Å². The molecule has 2 aliphatic heterocycles. The number of hydrogen-bond acceptors (Lipinski definition) is 8. The van der Waals surface area contributed by atoms with E-state index in [9.17, 15) is 19.5 Å². The minimum atomic E-state index is -0.667. The van der Waals surface area contributed by atoms with Crippen molar-refractivity contribution in [3.63, 3.8) is 0 Å². The van der Waals surface area contributed by atoms with Crippen LogP contribution < -0.4 is 14.2 Å². The summed E-state index contributed by atoms with van der Waals surface area (Å²) in [5, 5.41) is 11.6. The number of aromatic hydroxyl groups is 1. The van der Waals surface area contributed by atoms with Gasteiger partial charge in [0.15, 0.2) is 11.5 Å². The van der Waals surface area contributed by atoms with E-state index in [1.165, 1.54) is 0 Å². The van der Waals surface area contributed by atoms with E-state index in [2.05, 4.69) is 0 Å². The predicted molar refractivity (Wildman–Crippen MR) is 146 cm³/mol. The molecular weight excluding hydrogens is 500 g/mol. The molecule has 2 aliphatic rings. The van der Waals surface area contributed by atoms with Crippen LogP contribution in [0.2, 0.25) is 0 Å². The molecule has 0 spiro atoms. The number of hydrogen-bond donors (Lipinski definition) is 1. The van der Waals surface area contributed by atoms with Crippen molar-refractivity contribution in [2.45, 2.75) is 83.8 Å². The van der Waals surface area contributed by atoms with E-state index in [0.29, 0.717) is 66.7 Å². The normalized spacial score (nSPS) is 20.4. The first-order chi connectivity index (χ1) is 18.7. The van der Waals surface area contributed by atoms with E-state index < -0.39 is 24.0 Å². The zero-order valence-corrected chi connectivity index (χ0v) is 23.0. The Morgan fingerprint density at radius 1 is 1.05 bits per heavy atom. The number of benzene rings is 2. The summed E-state index contributed by atoms with van der Waals surface area (Å²) < 4.78 is 22.6. The second kappa shape index (κ2) is 12.4.